The van der Waals surface area contributed by atoms with Gasteiger partial charge in [0.05, 0.1) is 5.39 Å². The lowest BCUT2D eigenvalue weighted by atomic mass is 10.3. The van der Waals surface area contributed by atoms with E-state index in [1.54, 1.807) is 12.1 Å². The molecule has 0 saturated carbocycles. The Morgan fingerprint density at radius 1 is 1.33 bits per heavy atom. The van der Waals surface area contributed by atoms with Crippen LogP contribution in [0.25, 0.3) is 10.2 Å². The molecule has 108 valence electrons. The lowest BCUT2D eigenvalue weighted by molar-refractivity contribution is 0.432. The van der Waals surface area contributed by atoms with Crippen LogP contribution in [0.2, 0.25) is 0 Å². The number of thiophene rings is 1. The molecule has 7 heteroatoms. The Morgan fingerprint density at radius 3 is 2.90 bits per heavy atom. The van der Waals surface area contributed by atoms with Gasteiger partial charge >= 0.3 is 0 Å². The minimum atomic E-state index is -0.463. The van der Waals surface area contributed by atoms with E-state index >= 15 is 0 Å². The van der Waals surface area contributed by atoms with E-state index in [1.807, 2.05) is 6.07 Å². The quantitative estimate of drug-likeness (QED) is 0.738. The van der Waals surface area contributed by atoms with Gasteiger partial charge in [0.15, 0.2) is 11.6 Å². The summed E-state index contributed by atoms with van der Waals surface area (Å²) in [7, 11) is 0. The molecule has 21 heavy (non-hydrogen) atoms. The highest BCUT2D eigenvalue weighted by molar-refractivity contribution is 9.10. The van der Waals surface area contributed by atoms with Crippen LogP contribution in [0, 0.1) is 5.82 Å². The molecule has 3 rings (SSSR count). The molecule has 0 spiro atoms. The highest BCUT2D eigenvalue weighted by atomic mass is 79.9. The molecular weight excluding hydrogens is 357 g/mol. The van der Waals surface area contributed by atoms with Crippen molar-refractivity contribution in [3.05, 3.63) is 39.4 Å². The Kier molecular flexibility index (Phi) is 3.77. The van der Waals surface area contributed by atoms with Gasteiger partial charge < -0.3 is 10.5 Å². The highest BCUT2D eigenvalue weighted by Gasteiger charge is 2.14. The van der Waals surface area contributed by atoms with E-state index in [4.69, 9.17) is 10.5 Å². The maximum atomic E-state index is 13.8. The highest BCUT2D eigenvalue weighted by Crippen LogP contribution is 2.35. The Morgan fingerprint density at radius 2 is 2.14 bits per heavy atom. The second-order valence-electron chi connectivity index (χ2n) is 4.35. The first-order valence-corrected chi connectivity index (χ1v) is 7.86. The number of aryl methyl sites for hydroxylation is 1. The third kappa shape index (κ3) is 2.84. The topological polar surface area (TPSA) is 61.0 Å². The van der Waals surface area contributed by atoms with Gasteiger partial charge in [-0.15, -0.1) is 11.3 Å². The summed E-state index contributed by atoms with van der Waals surface area (Å²) in [4.78, 5) is 10.2. The van der Waals surface area contributed by atoms with Crippen LogP contribution in [0.5, 0.6) is 11.6 Å². The van der Waals surface area contributed by atoms with Crippen LogP contribution in [0.3, 0.4) is 0 Å². The van der Waals surface area contributed by atoms with Crippen LogP contribution in [-0.4, -0.2) is 9.97 Å². The van der Waals surface area contributed by atoms with Crippen molar-refractivity contribution in [3.63, 3.8) is 0 Å². The summed E-state index contributed by atoms with van der Waals surface area (Å²) in [6, 6.07) is 6.43. The zero-order chi connectivity index (χ0) is 15.0. The maximum Gasteiger partial charge on any atom is 0.233 e. The number of anilines is 1. The predicted molar refractivity (Wildman–Crippen MR) is 85.4 cm³/mol. The van der Waals surface area contributed by atoms with Gasteiger partial charge in [-0.1, -0.05) is 22.9 Å². The lowest BCUT2D eigenvalue weighted by Gasteiger charge is -2.07. The molecule has 2 aromatic heterocycles. The van der Waals surface area contributed by atoms with Gasteiger partial charge in [-0.05, 0) is 30.7 Å². The third-order valence-electron chi connectivity index (χ3n) is 2.87. The third-order valence-corrected chi connectivity index (χ3v) is 4.54. The van der Waals surface area contributed by atoms with Gasteiger partial charge in [-0.3, -0.25) is 0 Å². The largest absolute Gasteiger partial charge is 0.435 e. The smallest absolute Gasteiger partial charge is 0.233 e. The van der Waals surface area contributed by atoms with Crippen molar-refractivity contribution >= 4 is 43.4 Å². The number of nitrogen functional groups attached to an aromatic ring is 1. The molecule has 0 amide bonds. The predicted octanol–water partition coefficient (Wildman–Crippen LogP) is 4.53. The van der Waals surface area contributed by atoms with Crippen molar-refractivity contribution in [3.8, 4) is 11.6 Å². The number of aromatic nitrogens is 2. The summed E-state index contributed by atoms with van der Waals surface area (Å²) >= 11 is 4.82. The van der Waals surface area contributed by atoms with E-state index in [9.17, 15) is 4.39 Å². The van der Waals surface area contributed by atoms with Crippen molar-refractivity contribution in [2.24, 2.45) is 0 Å². The first-order valence-electron chi connectivity index (χ1n) is 6.25. The molecule has 0 bridgehead atoms. The van der Waals surface area contributed by atoms with E-state index in [-0.39, 0.29) is 17.6 Å². The molecule has 0 aliphatic rings. The zero-order valence-corrected chi connectivity index (χ0v) is 13.5. The van der Waals surface area contributed by atoms with Crippen molar-refractivity contribution in [1.82, 2.24) is 9.97 Å². The first-order chi connectivity index (χ1) is 10.1. The lowest BCUT2D eigenvalue weighted by Crippen LogP contribution is -1.98. The average Bonchev–Trinajstić information content (AvgIpc) is 2.86. The summed E-state index contributed by atoms with van der Waals surface area (Å²) in [6.07, 6.45) is 0.881. The van der Waals surface area contributed by atoms with E-state index in [2.05, 4.69) is 32.8 Å². The molecule has 2 heterocycles. The van der Waals surface area contributed by atoms with E-state index in [0.29, 0.717) is 0 Å². The normalized spacial score (nSPS) is 11.0. The minimum Gasteiger partial charge on any atom is -0.435 e. The number of nitrogens with zero attached hydrogens (tertiary/aromatic N) is 2. The number of ether oxygens (including phenoxy) is 1. The van der Waals surface area contributed by atoms with Crippen LogP contribution in [0.15, 0.2) is 28.7 Å². The summed E-state index contributed by atoms with van der Waals surface area (Å²) < 4.78 is 20.1. The van der Waals surface area contributed by atoms with Crippen molar-refractivity contribution in [2.45, 2.75) is 13.3 Å². The Hall–Kier alpha value is -1.73. The average molecular weight is 368 g/mol. The standard InChI is InChI=1S/C14H11BrFN3OS/c1-2-8-6-9-12(18-14(17)19-13(9)21-8)20-11-5-7(15)3-4-10(11)16/h3-6H,2H2,1H3,(H2,17,18,19). The molecule has 0 fully saturated rings. The molecule has 0 unspecified atom stereocenters. The fourth-order valence-electron chi connectivity index (χ4n) is 1.87. The minimum absolute atomic E-state index is 0.0908. The van der Waals surface area contributed by atoms with Crippen LogP contribution in [-0.2, 0) is 6.42 Å². The van der Waals surface area contributed by atoms with Gasteiger partial charge in [-0.2, -0.15) is 4.98 Å². The number of rotatable bonds is 3. The molecule has 0 aliphatic heterocycles. The monoisotopic (exact) mass is 367 g/mol. The summed E-state index contributed by atoms with van der Waals surface area (Å²) in [5.41, 5.74) is 5.70. The fraction of sp³-hybridized carbons (Fsp3) is 0.143. The van der Waals surface area contributed by atoms with Crippen LogP contribution >= 0.6 is 27.3 Å². The Balaban J connectivity index is 2.11. The Bertz CT molecular complexity index is 821. The number of hydrogen-bond donors (Lipinski definition) is 1. The van der Waals surface area contributed by atoms with E-state index in [1.165, 1.54) is 17.4 Å². The fourth-order valence-corrected chi connectivity index (χ4v) is 3.18. The number of benzene rings is 1. The molecule has 0 saturated heterocycles. The van der Waals surface area contributed by atoms with Crippen LogP contribution in [0.1, 0.15) is 11.8 Å². The molecule has 1 aromatic carbocycles. The molecule has 4 nitrogen and oxygen atoms in total. The van der Waals surface area contributed by atoms with Gasteiger partial charge in [0.2, 0.25) is 11.8 Å². The molecule has 0 aliphatic carbocycles. The van der Waals surface area contributed by atoms with Crippen LogP contribution in [0.4, 0.5) is 10.3 Å². The molecular formula is C14H11BrFN3OS. The second kappa shape index (κ2) is 5.57. The maximum absolute atomic E-state index is 13.8. The van der Waals surface area contributed by atoms with Crippen molar-refractivity contribution < 1.29 is 9.13 Å². The second-order valence-corrected chi connectivity index (χ2v) is 6.38. The number of fused-ring (bicyclic) bond motifs is 1. The molecule has 0 radical (unpaired) electrons. The van der Waals surface area contributed by atoms with Crippen molar-refractivity contribution in [1.29, 1.82) is 0 Å². The van der Waals surface area contributed by atoms with Gasteiger partial charge in [-0.25, -0.2) is 9.37 Å². The van der Waals surface area contributed by atoms with Gasteiger partial charge in [0.25, 0.3) is 0 Å². The van der Waals surface area contributed by atoms with E-state index in [0.717, 1.165) is 26.0 Å². The molecule has 0 atom stereocenters. The summed E-state index contributed by atoms with van der Waals surface area (Å²) in [5, 5.41) is 0.741. The van der Waals surface area contributed by atoms with Crippen molar-refractivity contribution in [2.75, 3.05) is 5.73 Å². The molecule has 2 N–H and O–H groups in total. The van der Waals surface area contributed by atoms with Gasteiger partial charge in [0.1, 0.15) is 4.83 Å². The Labute approximate surface area is 132 Å². The number of halogens is 2. The summed E-state index contributed by atoms with van der Waals surface area (Å²) in [6.45, 7) is 2.05. The SMILES string of the molecule is CCc1cc2c(Oc3cc(Br)ccc3F)nc(N)nc2s1. The summed E-state index contributed by atoms with van der Waals surface area (Å²) in [5.74, 6) is 0.00496. The van der Waals surface area contributed by atoms with E-state index < -0.39 is 5.82 Å². The van der Waals surface area contributed by atoms with Crippen LogP contribution < -0.4 is 10.5 Å². The number of hydrogen-bond acceptors (Lipinski definition) is 5. The number of nitrogens with two attached hydrogens (primary N) is 1. The first kappa shape index (κ1) is 14.2. The molecule has 3 aromatic rings. The van der Waals surface area contributed by atoms with Gasteiger partial charge in [0, 0.05) is 9.35 Å². The zero-order valence-electron chi connectivity index (χ0n) is 11.1.